The molecule has 0 aliphatic heterocycles. The number of aryl methyl sites for hydroxylation is 1. The third kappa shape index (κ3) is 1.98. The lowest BCUT2D eigenvalue weighted by Crippen LogP contribution is -2.16. The molecule has 0 amide bonds. The van der Waals surface area contributed by atoms with Gasteiger partial charge in [-0.15, -0.1) is 0 Å². The van der Waals surface area contributed by atoms with Crippen LogP contribution in [0, 0.1) is 6.92 Å². The van der Waals surface area contributed by atoms with Crippen molar-refractivity contribution in [3.63, 3.8) is 0 Å². The van der Waals surface area contributed by atoms with Gasteiger partial charge in [-0.05, 0) is 19.8 Å². The molecule has 1 saturated carbocycles. The van der Waals surface area contributed by atoms with Gasteiger partial charge in [0.05, 0.1) is 11.8 Å². The van der Waals surface area contributed by atoms with Crippen molar-refractivity contribution in [2.45, 2.75) is 32.4 Å². The van der Waals surface area contributed by atoms with Gasteiger partial charge in [0.2, 0.25) is 0 Å². The third-order valence-electron chi connectivity index (χ3n) is 3.26. The Kier molecular flexibility index (Phi) is 2.48. The first-order valence-corrected chi connectivity index (χ1v) is 5.90. The molecule has 0 saturated heterocycles. The minimum absolute atomic E-state index is 0.676. The zero-order valence-electron chi connectivity index (χ0n) is 10.1. The fraction of sp³-hybridized carbons (Fsp3) is 0.500. The minimum atomic E-state index is 0.676. The minimum Gasteiger partial charge on any atom is -0.443 e. The molecule has 5 heteroatoms. The Balaban J connectivity index is 1.86. The number of rotatable bonds is 4. The van der Waals surface area contributed by atoms with Crippen LogP contribution < -0.4 is 5.32 Å². The van der Waals surface area contributed by atoms with E-state index in [0.29, 0.717) is 6.04 Å². The van der Waals surface area contributed by atoms with E-state index in [0.717, 1.165) is 29.3 Å². The summed E-state index contributed by atoms with van der Waals surface area (Å²) < 4.78 is 7.34. The van der Waals surface area contributed by atoms with Gasteiger partial charge >= 0.3 is 0 Å². The van der Waals surface area contributed by atoms with Crippen molar-refractivity contribution in [3.8, 4) is 11.3 Å². The van der Waals surface area contributed by atoms with E-state index < -0.39 is 0 Å². The number of nitrogens with one attached hydrogen (secondary N) is 1. The van der Waals surface area contributed by atoms with Crippen molar-refractivity contribution < 1.29 is 4.42 Å². The summed E-state index contributed by atoms with van der Waals surface area (Å²) in [5.41, 5.74) is 3.08. The van der Waals surface area contributed by atoms with Crippen molar-refractivity contribution in [1.82, 2.24) is 20.1 Å². The van der Waals surface area contributed by atoms with Crippen LogP contribution in [0.25, 0.3) is 11.3 Å². The molecule has 1 N–H and O–H groups in total. The van der Waals surface area contributed by atoms with E-state index in [1.807, 2.05) is 24.9 Å². The summed E-state index contributed by atoms with van der Waals surface area (Å²) in [4.78, 5) is 4.28. The van der Waals surface area contributed by atoms with E-state index in [-0.39, 0.29) is 0 Å². The van der Waals surface area contributed by atoms with Crippen molar-refractivity contribution in [3.05, 3.63) is 24.0 Å². The largest absolute Gasteiger partial charge is 0.443 e. The summed E-state index contributed by atoms with van der Waals surface area (Å²) in [5.74, 6) is 0.837. The molecule has 5 nitrogen and oxygen atoms in total. The third-order valence-corrected chi connectivity index (χ3v) is 3.26. The standard InChI is InChI=1S/C12H16N4O/c1-8-10(5-15-16(8)2)12-11(14-7-17-12)6-13-9-3-4-9/h5,7,9,13H,3-4,6H2,1-2H3. The monoisotopic (exact) mass is 232 g/mol. The van der Waals surface area contributed by atoms with Gasteiger partial charge in [0.15, 0.2) is 12.2 Å². The smallest absolute Gasteiger partial charge is 0.181 e. The van der Waals surface area contributed by atoms with Crippen LogP contribution in [0.3, 0.4) is 0 Å². The predicted octanol–water partition coefficient (Wildman–Crippen LogP) is 1.64. The molecular weight excluding hydrogens is 216 g/mol. The highest BCUT2D eigenvalue weighted by atomic mass is 16.3. The lowest BCUT2D eigenvalue weighted by molar-refractivity contribution is 0.568. The van der Waals surface area contributed by atoms with Crippen molar-refractivity contribution in [2.24, 2.45) is 7.05 Å². The second-order valence-corrected chi connectivity index (χ2v) is 4.55. The van der Waals surface area contributed by atoms with Crippen LogP contribution in [0.2, 0.25) is 0 Å². The van der Waals surface area contributed by atoms with Crippen LogP contribution >= 0.6 is 0 Å². The van der Waals surface area contributed by atoms with Gasteiger partial charge < -0.3 is 9.73 Å². The first-order chi connectivity index (χ1) is 8.25. The molecule has 0 spiro atoms. The lowest BCUT2D eigenvalue weighted by atomic mass is 10.1. The summed E-state index contributed by atoms with van der Waals surface area (Å²) in [6, 6.07) is 0.676. The Morgan fingerprint density at radius 2 is 2.35 bits per heavy atom. The fourth-order valence-electron chi connectivity index (χ4n) is 1.86. The zero-order chi connectivity index (χ0) is 11.8. The summed E-state index contributed by atoms with van der Waals surface area (Å²) in [6.45, 7) is 2.80. The molecule has 1 aliphatic rings. The molecule has 2 heterocycles. The summed E-state index contributed by atoms with van der Waals surface area (Å²) in [7, 11) is 1.93. The SMILES string of the molecule is Cc1c(-c2ocnc2CNC2CC2)cnn1C. The molecule has 2 aromatic rings. The van der Waals surface area contributed by atoms with E-state index >= 15 is 0 Å². The first kappa shape index (κ1) is 10.5. The Morgan fingerprint density at radius 3 is 3.00 bits per heavy atom. The molecule has 0 atom stereocenters. The van der Waals surface area contributed by atoms with Crippen molar-refractivity contribution in [2.75, 3.05) is 0 Å². The lowest BCUT2D eigenvalue weighted by Gasteiger charge is -2.02. The molecule has 1 fully saturated rings. The molecule has 0 bridgehead atoms. The predicted molar refractivity (Wildman–Crippen MR) is 63.3 cm³/mol. The van der Waals surface area contributed by atoms with Gasteiger partial charge in [0.1, 0.15) is 5.69 Å². The zero-order valence-corrected chi connectivity index (χ0v) is 10.1. The van der Waals surface area contributed by atoms with Crippen molar-refractivity contribution in [1.29, 1.82) is 0 Å². The maximum absolute atomic E-state index is 5.49. The number of hydrogen-bond acceptors (Lipinski definition) is 4. The summed E-state index contributed by atoms with van der Waals surface area (Å²) in [5, 5.41) is 7.68. The Morgan fingerprint density at radius 1 is 1.53 bits per heavy atom. The van der Waals surface area contributed by atoms with E-state index in [1.54, 1.807) is 0 Å². The second kappa shape index (κ2) is 4.00. The maximum atomic E-state index is 5.49. The van der Waals surface area contributed by atoms with E-state index in [1.165, 1.54) is 19.2 Å². The van der Waals surface area contributed by atoms with Gasteiger partial charge in [-0.1, -0.05) is 0 Å². The van der Waals surface area contributed by atoms with Crippen LogP contribution in [0.1, 0.15) is 24.2 Å². The van der Waals surface area contributed by atoms with Gasteiger partial charge in [-0.2, -0.15) is 5.10 Å². The number of hydrogen-bond donors (Lipinski definition) is 1. The van der Waals surface area contributed by atoms with Crippen LogP contribution in [0.4, 0.5) is 0 Å². The van der Waals surface area contributed by atoms with Crippen LogP contribution in [0.15, 0.2) is 17.0 Å². The Bertz CT molecular complexity index is 524. The van der Waals surface area contributed by atoms with Crippen molar-refractivity contribution >= 4 is 0 Å². The van der Waals surface area contributed by atoms with E-state index in [2.05, 4.69) is 15.4 Å². The van der Waals surface area contributed by atoms with Crippen LogP contribution in [0.5, 0.6) is 0 Å². The maximum Gasteiger partial charge on any atom is 0.181 e. The van der Waals surface area contributed by atoms with Crippen LogP contribution in [-0.4, -0.2) is 20.8 Å². The highest BCUT2D eigenvalue weighted by molar-refractivity contribution is 5.61. The second-order valence-electron chi connectivity index (χ2n) is 4.55. The summed E-state index contributed by atoms with van der Waals surface area (Å²) in [6.07, 6.45) is 5.89. The van der Waals surface area contributed by atoms with E-state index in [9.17, 15) is 0 Å². The number of aromatic nitrogens is 3. The molecule has 90 valence electrons. The van der Waals surface area contributed by atoms with Crippen LogP contribution in [-0.2, 0) is 13.6 Å². The molecule has 2 aromatic heterocycles. The molecule has 17 heavy (non-hydrogen) atoms. The Hall–Kier alpha value is -1.62. The molecule has 0 unspecified atom stereocenters. The normalized spacial score (nSPS) is 15.4. The molecule has 0 radical (unpaired) electrons. The average molecular weight is 232 g/mol. The van der Waals surface area contributed by atoms with Gasteiger partial charge in [0, 0.05) is 25.3 Å². The fourth-order valence-corrected chi connectivity index (χ4v) is 1.86. The number of nitrogens with zero attached hydrogens (tertiary/aromatic N) is 3. The molecular formula is C12H16N4O. The molecule has 1 aliphatic carbocycles. The summed E-state index contributed by atoms with van der Waals surface area (Å²) >= 11 is 0. The van der Waals surface area contributed by atoms with Gasteiger partial charge in [-0.3, -0.25) is 4.68 Å². The van der Waals surface area contributed by atoms with Gasteiger partial charge in [-0.25, -0.2) is 4.98 Å². The average Bonchev–Trinajstić information content (AvgIpc) is 2.95. The molecule has 0 aromatic carbocycles. The Labute approximate surface area is 99.8 Å². The topological polar surface area (TPSA) is 55.9 Å². The quantitative estimate of drug-likeness (QED) is 0.870. The van der Waals surface area contributed by atoms with E-state index in [4.69, 9.17) is 4.42 Å². The van der Waals surface area contributed by atoms with Gasteiger partial charge in [0.25, 0.3) is 0 Å². The number of oxazole rings is 1. The highest BCUT2D eigenvalue weighted by Gasteiger charge is 2.22. The first-order valence-electron chi connectivity index (χ1n) is 5.90. The molecule has 3 rings (SSSR count). The highest BCUT2D eigenvalue weighted by Crippen LogP contribution is 2.26.